The highest BCUT2D eigenvalue weighted by Crippen LogP contribution is 2.36. The Kier molecular flexibility index (Phi) is 6.32. The third-order valence-corrected chi connectivity index (χ3v) is 6.73. The first-order valence-electron chi connectivity index (χ1n) is 8.68. The molecule has 0 spiro atoms. The first-order valence-corrected chi connectivity index (χ1v) is 10.5. The Morgan fingerprint density at radius 3 is 2.52 bits per heavy atom. The molecule has 1 atom stereocenters. The number of para-hydroxylation sites is 1. The van der Waals surface area contributed by atoms with Crippen LogP contribution < -0.4 is 10.1 Å². The van der Waals surface area contributed by atoms with Gasteiger partial charge in [0.25, 0.3) is 0 Å². The monoisotopic (exact) mass is 368 g/mol. The summed E-state index contributed by atoms with van der Waals surface area (Å²) in [6.07, 6.45) is 1.70. The van der Waals surface area contributed by atoms with Crippen LogP contribution in [0.2, 0.25) is 0 Å². The quantitative estimate of drug-likeness (QED) is 0.835. The zero-order valence-electron chi connectivity index (χ0n) is 15.2. The van der Waals surface area contributed by atoms with Gasteiger partial charge in [0.15, 0.2) is 9.84 Å². The number of amides is 2. The molecule has 0 aliphatic carbocycles. The molecule has 6 nitrogen and oxygen atoms in total. The second-order valence-corrected chi connectivity index (χ2v) is 9.04. The van der Waals surface area contributed by atoms with Crippen LogP contribution in [0, 0.1) is 0 Å². The maximum atomic E-state index is 12.2. The van der Waals surface area contributed by atoms with Gasteiger partial charge >= 0.3 is 6.03 Å². The van der Waals surface area contributed by atoms with E-state index in [-0.39, 0.29) is 36.0 Å². The molecule has 0 unspecified atom stereocenters. The van der Waals surface area contributed by atoms with Crippen LogP contribution in [-0.4, -0.2) is 57.6 Å². The Hall–Kier alpha value is -1.76. The lowest BCUT2D eigenvalue weighted by molar-refractivity contribution is 0.201. The third kappa shape index (κ3) is 4.87. The van der Waals surface area contributed by atoms with E-state index < -0.39 is 9.84 Å². The van der Waals surface area contributed by atoms with Gasteiger partial charge in [0.1, 0.15) is 5.75 Å². The molecule has 25 heavy (non-hydrogen) atoms. The molecule has 1 aromatic rings. The van der Waals surface area contributed by atoms with Crippen LogP contribution in [0.1, 0.15) is 32.3 Å². The summed E-state index contributed by atoms with van der Waals surface area (Å²) in [4.78, 5) is 13.8. The molecule has 2 rings (SSSR count). The number of nitrogens with one attached hydrogen (secondary N) is 1. The topological polar surface area (TPSA) is 75.7 Å². The summed E-state index contributed by atoms with van der Waals surface area (Å²) in [5, 5.41) is 2.93. The lowest BCUT2D eigenvalue weighted by atomic mass is 9.77. The Morgan fingerprint density at radius 2 is 1.92 bits per heavy atom. The summed E-state index contributed by atoms with van der Waals surface area (Å²) in [6, 6.07) is 7.78. The van der Waals surface area contributed by atoms with Gasteiger partial charge in [-0.2, -0.15) is 0 Å². The number of methoxy groups -OCH3 is 1. The van der Waals surface area contributed by atoms with E-state index in [0.29, 0.717) is 6.54 Å². The van der Waals surface area contributed by atoms with E-state index in [4.69, 9.17) is 4.74 Å². The van der Waals surface area contributed by atoms with Crippen molar-refractivity contribution < 1.29 is 17.9 Å². The third-order valence-electron chi connectivity index (χ3n) is 5.12. The molecular formula is C18H28N2O4S. The van der Waals surface area contributed by atoms with Gasteiger partial charge in [0.05, 0.1) is 18.6 Å². The maximum Gasteiger partial charge on any atom is 0.317 e. The molecule has 7 heteroatoms. The van der Waals surface area contributed by atoms with Gasteiger partial charge in [-0.1, -0.05) is 32.0 Å². The summed E-state index contributed by atoms with van der Waals surface area (Å²) < 4.78 is 28.4. The average molecular weight is 368 g/mol. The molecule has 2 amide bonds. The van der Waals surface area contributed by atoms with Crippen molar-refractivity contribution in [2.45, 2.75) is 32.1 Å². The number of benzene rings is 1. The number of nitrogens with zero attached hydrogens (tertiary/aromatic N) is 1. The molecule has 0 aromatic heterocycles. The molecule has 140 valence electrons. The van der Waals surface area contributed by atoms with Gasteiger partial charge in [-0.3, -0.25) is 0 Å². The summed E-state index contributed by atoms with van der Waals surface area (Å²) in [6.45, 7) is 5.37. The number of hydrogen-bond donors (Lipinski definition) is 1. The molecule has 1 saturated heterocycles. The molecule has 0 bridgehead atoms. The number of ether oxygens (including phenoxy) is 1. The van der Waals surface area contributed by atoms with Gasteiger partial charge in [-0.25, -0.2) is 13.2 Å². The van der Waals surface area contributed by atoms with Crippen molar-refractivity contribution in [1.82, 2.24) is 10.2 Å². The van der Waals surface area contributed by atoms with Crippen molar-refractivity contribution in [3.63, 3.8) is 0 Å². The molecule has 1 aliphatic rings. The first kappa shape index (κ1) is 19.6. The molecule has 0 saturated carbocycles. The molecular weight excluding hydrogens is 340 g/mol. The van der Waals surface area contributed by atoms with Crippen molar-refractivity contribution in [3.05, 3.63) is 29.8 Å². The lowest BCUT2D eigenvalue weighted by Gasteiger charge is -2.31. The summed E-state index contributed by atoms with van der Waals surface area (Å²) in [5.74, 6) is 0.960. The number of hydrogen-bond acceptors (Lipinski definition) is 4. The highest BCUT2D eigenvalue weighted by atomic mass is 32.2. The average Bonchev–Trinajstić information content (AvgIpc) is 2.61. The Labute approximate surface area is 150 Å². The van der Waals surface area contributed by atoms with E-state index in [1.807, 2.05) is 18.2 Å². The number of carbonyl (C=O) groups excluding carboxylic acids is 1. The predicted octanol–water partition coefficient (Wildman–Crippen LogP) is 2.19. The van der Waals surface area contributed by atoms with Crippen molar-refractivity contribution in [2.24, 2.45) is 0 Å². The van der Waals surface area contributed by atoms with Crippen molar-refractivity contribution in [1.29, 1.82) is 0 Å². The van der Waals surface area contributed by atoms with E-state index in [9.17, 15) is 13.2 Å². The fourth-order valence-corrected chi connectivity index (χ4v) is 4.32. The minimum atomic E-state index is -2.98. The van der Waals surface area contributed by atoms with Crippen LogP contribution in [0.5, 0.6) is 5.75 Å². The number of carbonyl (C=O) groups is 1. The van der Waals surface area contributed by atoms with Crippen molar-refractivity contribution in [2.75, 3.05) is 38.2 Å². The van der Waals surface area contributed by atoms with Crippen molar-refractivity contribution >= 4 is 15.9 Å². The molecule has 1 aliphatic heterocycles. The minimum Gasteiger partial charge on any atom is -0.496 e. The normalized spacial score (nSPS) is 19.1. The number of urea groups is 1. The smallest absolute Gasteiger partial charge is 0.317 e. The Bertz CT molecular complexity index is 691. The summed E-state index contributed by atoms with van der Waals surface area (Å²) in [7, 11) is -1.31. The second-order valence-electron chi connectivity index (χ2n) is 6.74. The van der Waals surface area contributed by atoms with Gasteiger partial charge in [-0.05, 0) is 24.3 Å². The van der Waals surface area contributed by atoms with Crippen LogP contribution in [0.15, 0.2) is 24.3 Å². The fourth-order valence-electron chi connectivity index (χ4n) is 3.12. The van der Waals surface area contributed by atoms with E-state index >= 15 is 0 Å². The van der Waals surface area contributed by atoms with Crippen LogP contribution >= 0.6 is 0 Å². The molecule has 0 radical (unpaired) electrons. The van der Waals surface area contributed by atoms with Gasteiger partial charge in [0, 0.05) is 25.2 Å². The summed E-state index contributed by atoms with van der Waals surface area (Å²) >= 11 is 0. The lowest BCUT2D eigenvalue weighted by Crippen LogP contribution is -2.48. The Morgan fingerprint density at radius 1 is 1.28 bits per heavy atom. The predicted molar refractivity (Wildman–Crippen MR) is 98.9 cm³/mol. The first-order chi connectivity index (χ1) is 11.8. The second kappa shape index (κ2) is 8.08. The van der Waals surface area contributed by atoms with E-state index in [2.05, 4.69) is 25.2 Å². The van der Waals surface area contributed by atoms with Crippen LogP contribution in [0.4, 0.5) is 4.79 Å². The zero-order chi connectivity index (χ0) is 18.5. The molecule has 1 heterocycles. The van der Waals surface area contributed by atoms with Crippen molar-refractivity contribution in [3.8, 4) is 5.75 Å². The van der Waals surface area contributed by atoms with E-state index in [1.165, 1.54) is 0 Å². The largest absolute Gasteiger partial charge is 0.496 e. The standard InChI is InChI=1S/C18H28N2O4S/c1-4-18(2,15-7-5-6-8-16(15)24-3)9-10-19-17(21)20-11-13-25(22,23)14-12-20/h5-8H,4,9-14H2,1-3H3,(H,19,21)/t18-/m0/s1. The molecule has 1 aromatic carbocycles. The maximum absolute atomic E-state index is 12.2. The summed E-state index contributed by atoms with van der Waals surface area (Å²) in [5.41, 5.74) is 1.03. The van der Waals surface area contributed by atoms with Crippen LogP contribution in [-0.2, 0) is 15.3 Å². The van der Waals surface area contributed by atoms with Gasteiger partial charge in [0.2, 0.25) is 0 Å². The number of rotatable bonds is 6. The van der Waals surface area contributed by atoms with E-state index in [1.54, 1.807) is 12.0 Å². The zero-order valence-corrected chi connectivity index (χ0v) is 16.1. The molecule has 1 N–H and O–H groups in total. The SMILES string of the molecule is CC[C@@](C)(CCNC(=O)N1CCS(=O)(=O)CC1)c1ccccc1OC. The highest BCUT2D eigenvalue weighted by Gasteiger charge is 2.29. The van der Waals surface area contributed by atoms with E-state index in [0.717, 1.165) is 24.2 Å². The van der Waals surface area contributed by atoms with Gasteiger partial charge in [-0.15, -0.1) is 0 Å². The highest BCUT2D eigenvalue weighted by molar-refractivity contribution is 7.91. The molecule has 1 fully saturated rings. The van der Waals surface area contributed by atoms with Crippen LogP contribution in [0.3, 0.4) is 0 Å². The minimum absolute atomic E-state index is 0.0499. The number of sulfone groups is 1. The fraction of sp³-hybridized carbons (Fsp3) is 0.611. The van der Waals surface area contributed by atoms with Crippen LogP contribution in [0.25, 0.3) is 0 Å². The Balaban J connectivity index is 1.93. The van der Waals surface area contributed by atoms with Gasteiger partial charge < -0.3 is 15.0 Å².